The lowest BCUT2D eigenvalue weighted by molar-refractivity contribution is 0.102. The van der Waals surface area contributed by atoms with Crippen LogP contribution in [-0.2, 0) is 7.05 Å². The molecule has 0 atom stereocenters. The zero-order chi connectivity index (χ0) is 18.7. The molecule has 134 valence electrons. The van der Waals surface area contributed by atoms with Crippen LogP contribution >= 0.6 is 15.9 Å². The van der Waals surface area contributed by atoms with Crippen molar-refractivity contribution in [3.63, 3.8) is 0 Å². The Hall–Kier alpha value is -2.67. The number of anilines is 1. The van der Waals surface area contributed by atoms with Crippen molar-refractivity contribution in [2.24, 2.45) is 7.05 Å². The van der Waals surface area contributed by atoms with Gasteiger partial charge in [-0.25, -0.2) is 0 Å². The molecule has 0 bridgehead atoms. The number of hydrogen-bond donors (Lipinski definition) is 1. The van der Waals surface area contributed by atoms with Gasteiger partial charge in [-0.05, 0) is 44.2 Å². The molecule has 0 saturated carbocycles. The number of hydrogen-bond acceptors (Lipinski definition) is 4. The van der Waals surface area contributed by atoms with Crippen molar-refractivity contribution in [1.29, 1.82) is 0 Å². The maximum Gasteiger partial charge on any atom is 0.259 e. The number of carbonyl (C=O) groups is 1. The summed E-state index contributed by atoms with van der Waals surface area (Å²) in [4.78, 5) is 12.8. The predicted molar refractivity (Wildman–Crippen MR) is 104 cm³/mol. The normalized spacial score (nSPS) is 10.8. The van der Waals surface area contributed by atoms with E-state index in [2.05, 4.69) is 31.4 Å². The van der Waals surface area contributed by atoms with E-state index in [1.165, 1.54) is 0 Å². The van der Waals surface area contributed by atoms with Crippen LogP contribution in [0.25, 0.3) is 11.4 Å². The van der Waals surface area contributed by atoms with Gasteiger partial charge in [-0.15, -0.1) is 10.2 Å². The largest absolute Gasteiger partial charge is 0.490 e. The molecule has 2 aromatic carbocycles. The van der Waals surface area contributed by atoms with Gasteiger partial charge in [0.1, 0.15) is 12.1 Å². The summed E-state index contributed by atoms with van der Waals surface area (Å²) in [6.45, 7) is 3.85. The number of rotatable bonds is 5. The standard InChI is InChI=1S/C19H19BrN4O2/c1-12(2)26-17-10-14(20)7-8-16(17)19(25)22-15-6-4-5-13(9-15)18-23-21-11-24(18)3/h4-12H,1-3H3,(H,22,25). The third-order valence-corrected chi connectivity index (χ3v) is 4.13. The van der Waals surface area contributed by atoms with Crippen LogP contribution in [0.3, 0.4) is 0 Å². The summed E-state index contributed by atoms with van der Waals surface area (Å²) >= 11 is 3.41. The highest BCUT2D eigenvalue weighted by atomic mass is 79.9. The van der Waals surface area contributed by atoms with Crippen LogP contribution in [0.5, 0.6) is 5.75 Å². The first-order chi connectivity index (χ1) is 12.4. The first-order valence-electron chi connectivity index (χ1n) is 8.16. The number of amides is 1. The molecular weight excluding hydrogens is 396 g/mol. The lowest BCUT2D eigenvalue weighted by atomic mass is 10.1. The summed E-state index contributed by atoms with van der Waals surface area (Å²) in [5.74, 6) is 1.04. The van der Waals surface area contributed by atoms with Crippen molar-refractivity contribution in [3.8, 4) is 17.1 Å². The number of halogens is 1. The Bertz CT molecular complexity index is 937. The molecule has 3 rings (SSSR count). The molecule has 0 aliphatic heterocycles. The number of carbonyl (C=O) groups excluding carboxylic acids is 1. The Labute approximate surface area is 160 Å². The lowest BCUT2D eigenvalue weighted by Gasteiger charge is -2.15. The van der Waals surface area contributed by atoms with Crippen LogP contribution in [-0.4, -0.2) is 26.8 Å². The first-order valence-corrected chi connectivity index (χ1v) is 8.95. The van der Waals surface area contributed by atoms with Crippen molar-refractivity contribution in [3.05, 3.63) is 58.8 Å². The number of nitrogens with one attached hydrogen (secondary N) is 1. The average Bonchev–Trinajstić information content (AvgIpc) is 3.00. The molecule has 0 spiro atoms. The van der Waals surface area contributed by atoms with E-state index in [0.717, 1.165) is 15.9 Å². The summed E-state index contributed by atoms with van der Waals surface area (Å²) in [5, 5.41) is 10.9. The van der Waals surface area contributed by atoms with Crippen LogP contribution in [0.2, 0.25) is 0 Å². The van der Waals surface area contributed by atoms with Gasteiger partial charge in [0.25, 0.3) is 5.91 Å². The summed E-state index contributed by atoms with van der Waals surface area (Å²) in [7, 11) is 1.87. The molecule has 1 amide bonds. The topological polar surface area (TPSA) is 69.0 Å². The zero-order valence-electron chi connectivity index (χ0n) is 14.7. The van der Waals surface area contributed by atoms with Crippen molar-refractivity contribution < 1.29 is 9.53 Å². The van der Waals surface area contributed by atoms with Crippen LogP contribution in [0, 0.1) is 0 Å². The molecule has 0 saturated heterocycles. The molecule has 26 heavy (non-hydrogen) atoms. The second-order valence-corrected chi connectivity index (χ2v) is 7.02. The molecular formula is C19H19BrN4O2. The van der Waals surface area contributed by atoms with Crippen LogP contribution in [0.1, 0.15) is 24.2 Å². The first kappa shape index (κ1) is 18.1. The van der Waals surface area contributed by atoms with Gasteiger partial charge in [-0.3, -0.25) is 4.79 Å². The van der Waals surface area contributed by atoms with Crippen molar-refractivity contribution in [2.45, 2.75) is 20.0 Å². The van der Waals surface area contributed by atoms with Crippen molar-refractivity contribution >= 4 is 27.5 Å². The molecule has 6 nitrogen and oxygen atoms in total. The van der Waals surface area contributed by atoms with Gasteiger partial charge in [-0.2, -0.15) is 0 Å². The van der Waals surface area contributed by atoms with E-state index in [0.29, 0.717) is 17.0 Å². The molecule has 0 fully saturated rings. The van der Waals surface area contributed by atoms with E-state index in [4.69, 9.17) is 4.74 Å². The highest BCUT2D eigenvalue weighted by Gasteiger charge is 2.15. The SMILES string of the molecule is CC(C)Oc1cc(Br)ccc1C(=O)Nc1cccc(-c2nncn2C)c1. The maximum absolute atomic E-state index is 12.8. The molecule has 1 aromatic heterocycles. The van der Waals surface area contributed by atoms with Gasteiger partial charge in [-0.1, -0.05) is 28.1 Å². The second kappa shape index (κ2) is 7.70. The average molecular weight is 415 g/mol. The van der Waals surface area contributed by atoms with E-state index in [9.17, 15) is 4.79 Å². The van der Waals surface area contributed by atoms with Crippen molar-refractivity contribution in [1.82, 2.24) is 14.8 Å². The van der Waals surface area contributed by atoms with E-state index >= 15 is 0 Å². The third-order valence-electron chi connectivity index (χ3n) is 3.64. The fourth-order valence-corrected chi connectivity index (χ4v) is 2.85. The zero-order valence-corrected chi connectivity index (χ0v) is 16.3. The quantitative estimate of drug-likeness (QED) is 0.675. The number of aromatic nitrogens is 3. The molecule has 1 N–H and O–H groups in total. The Kier molecular flexibility index (Phi) is 5.37. The van der Waals surface area contributed by atoms with Gasteiger partial charge in [0.2, 0.25) is 0 Å². The number of aryl methyl sites for hydroxylation is 1. The van der Waals surface area contributed by atoms with E-state index < -0.39 is 0 Å². The third kappa shape index (κ3) is 4.11. The number of benzene rings is 2. The fourth-order valence-electron chi connectivity index (χ4n) is 2.51. The van der Waals surface area contributed by atoms with Gasteiger partial charge < -0.3 is 14.6 Å². The monoisotopic (exact) mass is 414 g/mol. The fraction of sp³-hybridized carbons (Fsp3) is 0.211. The summed E-state index contributed by atoms with van der Waals surface area (Å²) < 4.78 is 8.45. The minimum absolute atomic E-state index is 0.0323. The minimum Gasteiger partial charge on any atom is -0.490 e. The van der Waals surface area contributed by atoms with Gasteiger partial charge >= 0.3 is 0 Å². The highest BCUT2D eigenvalue weighted by Crippen LogP contribution is 2.26. The van der Waals surface area contributed by atoms with E-state index in [-0.39, 0.29) is 12.0 Å². The summed E-state index contributed by atoms with van der Waals surface area (Å²) in [6, 6.07) is 12.8. The second-order valence-electron chi connectivity index (χ2n) is 6.11. The molecule has 1 heterocycles. The Balaban J connectivity index is 1.86. The van der Waals surface area contributed by atoms with Crippen LogP contribution in [0.4, 0.5) is 5.69 Å². The Morgan fingerprint density at radius 3 is 2.73 bits per heavy atom. The number of ether oxygens (including phenoxy) is 1. The molecule has 0 aliphatic carbocycles. The highest BCUT2D eigenvalue weighted by molar-refractivity contribution is 9.10. The smallest absolute Gasteiger partial charge is 0.259 e. The summed E-state index contributed by atoms with van der Waals surface area (Å²) in [6.07, 6.45) is 1.60. The molecule has 0 unspecified atom stereocenters. The molecule has 0 radical (unpaired) electrons. The van der Waals surface area contributed by atoms with Gasteiger partial charge in [0.05, 0.1) is 11.7 Å². The Morgan fingerprint density at radius 1 is 1.23 bits per heavy atom. The number of nitrogens with zero attached hydrogens (tertiary/aromatic N) is 3. The Morgan fingerprint density at radius 2 is 2.04 bits per heavy atom. The maximum atomic E-state index is 12.8. The van der Waals surface area contributed by atoms with Crippen molar-refractivity contribution in [2.75, 3.05) is 5.32 Å². The molecule has 7 heteroatoms. The predicted octanol–water partition coefficient (Wildman–Crippen LogP) is 4.28. The lowest BCUT2D eigenvalue weighted by Crippen LogP contribution is -2.15. The minimum atomic E-state index is -0.233. The van der Waals surface area contributed by atoms with Crippen LogP contribution in [0.15, 0.2) is 53.3 Å². The van der Waals surface area contributed by atoms with Gasteiger partial charge in [0, 0.05) is 22.8 Å². The van der Waals surface area contributed by atoms with E-state index in [1.807, 2.05) is 55.8 Å². The van der Waals surface area contributed by atoms with Crippen LogP contribution < -0.4 is 10.1 Å². The van der Waals surface area contributed by atoms with Gasteiger partial charge in [0.15, 0.2) is 5.82 Å². The molecule has 3 aromatic rings. The molecule has 0 aliphatic rings. The van der Waals surface area contributed by atoms with E-state index in [1.54, 1.807) is 18.5 Å². The summed E-state index contributed by atoms with van der Waals surface area (Å²) in [5.41, 5.74) is 2.03.